The maximum Gasteiger partial charge on any atom is 0.161 e. The number of fused-ring (bicyclic) bond motifs is 1. The fourth-order valence-electron chi connectivity index (χ4n) is 4.39. The van der Waals surface area contributed by atoms with E-state index in [4.69, 9.17) is 18.9 Å². The molecule has 0 amide bonds. The van der Waals surface area contributed by atoms with E-state index in [1.165, 1.54) is 0 Å². The minimum absolute atomic E-state index is 0.0520. The maximum absolute atomic E-state index is 9.59. The van der Waals surface area contributed by atoms with Crippen molar-refractivity contribution in [1.29, 1.82) is 0 Å². The molecule has 4 rings (SSSR count). The van der Waals surface area contributed by atoms with E-state index in [-0.39, 0.29) is 37.3 Å². The fourth-order valence-corrected chi connectivity index (χ4v) is 4.39. The Hall–Kier alpha value is -2.12. The van der Waals surface area contributed by atoms with Crippen molar-refractivity contribution < 1.29 is 29.2 Å². The van der Waals surface area contributed by atoms with Gasteiger partial charge in [-0.1, -0.05) is 24.3 Å². The standard InChI is InChI=1S/C22H26O6/c1-25-19-6-5-14(8-20(19)26-2)22-18-12-27-21(17(18)11-28-22)13-3-4-15(9-23)16(7-13)10-24/h3-8,17-18,21-24H,9-12H2,1-2H3/t17-,18-,21+,22+/m0/s1. The van der Waals surface area contributed by atoms with E-state index >= 15 is 0 Å². The van der Waals surface area contributed by atoms with Crippen LogP contribution in [0.2, 0.25) is 0 Å². The van der Waals surface area contributed by atoms with Crippen LogP contribution in [0.1, 0.15) is 34.5 Å². The predicted octanol–water partition coefficient (Wildman–Crippen LogP) is 2.76. The Labute approximate surface area is 164 Å². The van der Waals surface area contributed by atoms with Gasteiger partial charge in [0, 0.05) is 11.8 Å². The van der Waals surface area contributed by atoms with Gasteiger partial charge in [-0.3, -0.25) is 0 Å². The van der Waals surface area contributed by atoms with Crippen molar-refractivity contribution in [3.8, 4) is 11.5 Å². The molecule has 2 saturated heterocycles. The van der Waals surface area contributed by atoms with Gasteiger partial charge in [0.2, 0.25) is 0 Å². The van der Waals surface area contributed by atoms with Crippen molar-refractivity contribution in [2.24, 2.45) is 11.8 Å². The molecule has 2 aromatic carbocycles. The summed E-state index contributed by atoms with van der Waals surface area (Å²) in [7, 11) is 3.25. The van der Waals surface area contributed by atoms with Crippen molar-refractivity contribution in [2.45, 2.75) is 25.4 Å². The van der Waals surface area contributed by atoms with Crippen LogP contribution in [0.25, 0.3) is 0 Å². The molecule has 2 aliphatic heterocycles. The summed E-state index contributed by atoms with van der Waals surface area (Å²) in [6.07, 6.45) is -0.128. The van der Waals surface area contributed by atoms with Gasteiger partial charge in [0.25, 0.3) is 0 Å². The first-order chi connectivity index (χ1) is 13.7. The van der Waals surface area contributed by atoms with Gasteiger partial charge in [-0.2, -0.15) is 0 Å². The summed E-state index contributed by atoms with van der Waals surface area (Å²) < 4.78 is 23.1. The number of hydrogen-bond donors (Lipinski definition) is 2. The van der Waals surface area contributed by atoms with Gasteiger partial charge in [-0.05, 0) is 34.4 Å². The summed E-state index contributed by atoms with van der Waals surface area (Å²) in [5.41, 5.74) is 3.56. The molecule has 2 aliphatic rings. The SMILES string of the molecule is COc1ccc([C@H]2OC[C@H]3[C@@H]2CO[C@@H]3c2ccc(CO)c(CO)c2)cc1OC. The topological polar surface area (TPSA) is 77.4 Å². The number of aliphatic hydroxyl groups is 2. The third kappa shape index (κ3) is 3.26. The van der Waals surface area contributed by atoms with E-state index < -0.39 is 0 Å². The van der Waals surface area contributed by atoms with Crippen LogP contribution in [-0.2, 0) is 22.7 Å². The summed E-state index contributed by atoms with van der Waals surface area (Å²) in [6.45, 7) is 1.04. The van der Waals surface area contributed by atoms with Gasteiger partial charge < -0.3 is 29.2 Å². The third-order valence-electron chi connectivity index (χ3n) is 5.90. The van der Waals surface area contributed by atoms with Crippen LogP contribution in [0.4, 0.5) is 0 Å². The first-order valence-electron chi connectivity index (χ1n) is 9.48. The van der Waals surface area contributed by atoms with Crippen LogP contribution in [0, 0.1) is 11.8 Å². The molecule has 0 spiro atoms. The van der Waals surface area contributed by atoms with Crippen LogP contribution in [0.3, 0.4) is 0 Å². The molecule has 0 saturated carbocycles. The molecule has 6 heteroatoms. The second-order valence-corrected chi connectivity index (χ2v) is 7.29. The molecule has 28 heavy (non-hydrogen) atoms. The van der Waals surface area contributed by atoms with E-state index in [0.717, 1.165) is 22.3 Å². The quantitative estimate of drug-likeness (QED) is 0.795. The summed E-state index contributed by atoms with van der Waals surface area (Å²) in [5.74, 6) is 1.87. The van der Waals surface area contributed by atoms with Crippen LogP contribution >= 0.6 is 0 Å². The van der Waals surface area contributed by atoms with Gasteiger partial charge in [0.1, 0.15) is 0 Å². The van der Waals surface area contributed by atoms with Gasteiger partial charge in [0.15, 0.2) is 11.5 Å². The largest absolute Gasteiger partial charge is 0.493 e. The molecule has 2 heterocycles. The Bertz CT molecular complexity index is 766. The Morgan fingerprint density at radius 3 is 1.93 bits per heavy atom. The summed E-state index contributed by atoms with van der Waals surface area (Å²) in [6, 6.07) is 11.7. The van der Waals surface area contributed by atoms with Gasteiger partial charge in [-0.15, -0.1) is 0 Å². The zero-order chi connectivity index (χ0) is 19.7. The van der Waals surface area contributed by atoms with Gasteiger partial charge in [0.05, 0.1) is 52.9 Å². The van der Waals surface area contributed by atoms with Crippen LogP contribution in [-0.4, -0.2) is 37.6 Å². The molecule has 2 fully saturated rings. The molecule has 0 bridgehead atoms. The second-order valence-electron chi connectivity index (χ2n) is 7.29. The van der Waals surface area contributed by atoms with Crippen molar-refractivity contribution >= 4 is 0 Å². The normalized spacial score (nSPS) is 26.3. The number of ether oxygens (including phenoxy) is 4. The molecule has 2 aromatic rings. The van der Waals surface area contributed by atoms with E-state index in [2.05, 4.69) is 0 Å². The number of benzene rings is 2. The average molecular weight is 386 g/mol. The first-order valence-corrected chi connectivity index (χ1v) is 9.48. The van der Waals surface area contributed by atoms with Crippen molar-refractivity contribution in [3.05, 3.63) is 58.7 Å². The Kier molecular flexibility index (Phi) is 5.55. The highest BCUT2D eigenvalue weighted by atomic mass is 16.5. The van der Waals surface area contributed by atoms with Crippen molar-refractivity contribution in [2.75, 3.05) is 27.4 Å². The minimum atomic E-state index is -0.102. The minimum Gasteiger partial charge on any atom is -0.493 e. The smallest absolute Gasteiger partial charge is 0.161 e. The van der Waals surface area contributed by atoms with Gasteiger partial charge in [-0.25, -0.2) is 0 Å². The highest BCUT2D eigenvalue weighted by Gasteiger charge is 2.48. The van der Waals surface area contributed by atoms with E-state index in [9.17, 15) is 10.2 Å². The maximum atomic E-state index is 9.59. The zero-order valence-electron chi connectivity index (χ0n) is 16.1. The second kappa shape index (κ2) is 8.09. The lowest BCUT2D eigenvalue weighted by molar-refractivity contribution is 0.0191. The van der Waals surface area contributed by atoms with E-state index in [1.54, 1.807) is 14.2 Å². The van der Waals surface area contributed by atoms with E-state index in [0.29, 0.717) is 24.7 Å². The highest BCUT2D eigenvalue weighted by Crippen LogP contribution is 2.51. The lowest BCUT2D eigenvalue weighted by Crippen LogP contribution is -2.15. The molecule has 0 aliphatic carbocycles. The van der Waals surface area contributed by atoms with Crippen LogP contribution in [0.5, 0.6) is 11.5 Å². The number of methoxy groups -OCH3 is 2. The van der Waals surface area contributed by atoms with Crippen LogP contribution < -0.4 is 9.47 Å². The molecule has 4 atom stereocenters. The number of hydrogen-bond acceptors (Lipinski definition) is 6. The number of aliphatic hydroxyl groups excluding tert-OH is 2. The highest BCUT2D eigenvalue weighted by molar-refractivity contribution is 5.44. The number of rotatable bonds is 6. The molecule has 150 valence electrons. The predicted molar refractivity (Wildman–Crippen MR) is 102 cm³/mol. The molecule has 6 nitrogen and oxygen atoms in total. The Morgan fingerprint density at radius 1 is 0.786 bits per heavy atom. The summed E-state index contributed by atoms with van der Waals surface area (Å²) >= 11 is 0. The lowest BCUT2D eigenvalue weighted by atomic mass is 9.84. The van der Waals surface area contributed by atoms with Crippen molar-refractivity contribution in [1.82, 2.24) is 0 Å². The first kappa shape index (κ1) is 19.2. The monoisotopic (exact) mass is 386 g/mol. The average Bonchev–Trinajstić information content (AvgIpc) is 3.35. The summed E-state index contributed by atoms with van der Waals surface area (Å²) in [5, 5.41) is 19.0. The summed E-state index contributed by atoms with van der Waals surface area (Å²) in [4.78, 5) is 0. The molecular weight excluding hydrogens is 360 g/mol. The fraction of sp³-hybridized carbons (Fsp3) is 0.455. The zero-order valence-corrected chi connectivity index (χ0v) is 16.1. The third-order valence-corrected chi connectivity index (χ3v) is 5.90. The van der Waals surface area contributed by atoms with Crippen molar-refractivity contribution in [3.63, 3.8) is 0 Å². The Balaban J connectivity index is 1.57. The Morgan fingerprint density at radius 2 is 1.36 bits per heavy atom. The van der Waals surface area contributed by atoms with Crippen LogP contribution in [0.15, 0.2) is 36.4 Å². The van der Waals surface area contributed by atoms with Gasteiger partial charge >= 0.3 is 0 Å². The molecule has 0 radical (unpaired) electrons. The van der Waals surface area contributed by atoms with E-state index in [1.807, 2.05) is 36.4 Å². The molecule has 0 unspecified atom stereocenters. The molecule has 0 aromatic heterocycles. The lowest BCUT2D eigenvalue weighted by Gasteiger charge is -2.18. The molecular formula is C22H26O6. The molecule has 2 N–H and O–H groups in total.